The molecular weight excluding hydrogens is 352 g/mol. The van der Waals surface area contributed by atoms with Gasteiger partial charge in [-0.1, -0.05) is 38.3 Å². The normalized spacial score (nSPS) is 19.4. The molecule has 8 heteroatoms. The third-order valence-corrected chi connectivity index (χ3v) is 5.09. The van der Waals surface area contributed by atoms with Gasteiger partial charge in [0.05, 0.1) is 30.3 Å². The summed E-state index contributed by atoms with van der Waals surface area (Å²) in [5.74, 6) is -1.74. The van der Waals surface area contributed by atoms with Crippen LogP contribution in [0.5, 0.6) is 0 Å². The van der Waals surface area contributed by atoms with Crippen LogP contribution in [0.2, 0.25) is 0 Å². The summed E-state index contributed by atoms with van der Waals surface area (Å²) in [4.78, 5) is 37.8. The predicted molar refractivity (Wildman–Crippen MR) is 95.7 cm³/mol. The monoisotopic (exact) mass is 376 g/mol. The maximum absolute atomic E-state index is 12.8. The lowest BCUT2D eigenvalue weighted by Crippen LogP contribution is -2.50. The van der Waals surface area contributed by atoms with Gasteiger partial charge < -0.3 is 9.47 Å². The lowest BCUT2D eigenvalue weighted by molar-refractivity contribution is -0.552. The molecule has 3 rings (SSSR count). The van der Waals surface area contributed by atoms with Crippen LogP contribution in [-0.2, 0) is 9.47 Å². The molecule has 2 amide bonds. The fourth-order valence-corrected chi connectivity index (χ4v) is 3.76. The molecule has 0 saturated carbocycles. The van der Waals surface area contributed by atoms with Crippen LogP contribution in [0, 0.1) is 16.0 Å². The first-order valence-corrected chi connectivity index (χ1v) is 9.38. The zero-order valence-electron chi connectivity index (χ0n) is 15.3. The fraction of sp³-hybridized carbons (Fsp3) is 0.579. The highest BCUT2D eigenvalue weighted by Gasteiger charge is 2.49. The number of amides is 2. The van der Waals surface area contributed by atoms with Crippen molar-refractivity contribution in [2.24, 2.45) is 5.92 Å². The van der Waals surface area contributed by atoms with Gasteiger partial charge in [-0.15, -0.1) is 0 Å². The third-order valence-electron chi connectivity index (χ3n) is 5.09. The number of hydrogen-bond acceptors (Lipinski definition) is 6. The summed E-state index contributed by atoms with van der Waals surface area (Å²) in [6.07, 6.45) is 1.52. The van der Waals surface area contributed by atoms with Crippen LogP contribution in [0.15, 0.2) is 24.3 Å². The molecular formula is C19H24N2O6. The zero-order valence-corrected chi connectivity index (χ0v) is 15.3. The van der Waals surface area contributed by atoms with Crippen molar-refractivity contribution in [1.82, 2.24) is 4.90 Å². The van der Waals surface area contributed by atoms with E-state index in [-0.39, 0.29) is 17.5 Å². The molecule has 1 fully saturated rings. The molecule has 1 aromatic rings. The molecule has 1 aromatic carbocycles. The van der Waals surface area contributed by atoms with Crippen molar-refractivity contribution in [3.8, 4) is 0 Å². The number of ether oxygens (including phenoxy) is 2. The zero-order chi connectivity index (χ0) is 19.4. The average molecular weight is 376 g/mol. The average Bonchev–Trinajstić information content (AvgIpc) is 3.25. The molecule has 0 radical (unpaired) electrons. The molecule has 27 heavy (non-hydrogen) atoms. The van der Waals surface area contributed by atoms with Crippen LogP contribution >= 0.6 is 0 Å². The van der Waals surface area contributed by atoms with Crippen molar-refractivity contribution < 1.29 is 24.0 Å². The molecule has 0 spiro atoms. The van der Waals surface area contributed by atoms with E-state index in [0.717, 1.165) is 24.2 Å². The highest BCUT2D eigenvalue weighted by atomic mass is 16.7. The molecule has 0 aliphatic carbocycles. The van der Waals surface area contributed by atoms with E-state index in [9.17, 15) is 19.7 Å². The lowest BCUT2D eigenvalue weighted by Gasteiger charge is -2.28. The van der Waals surface area contributed by atoms with E-state index in [2.05, 4.69) is 0 Å². The number of imide groups is 1. The first-order chi connectivity index (χ1) is 13.0. The fourth-order valence-electron chi connectivity index (χ4n) is 3.76. The summed E-state index contributed by atoms with van der Waals surface area (Å²) >= 11 is 0. The van der Waals surface area contributed by atoms with E-state index in [1.807, 2.05) is 6.92 Å². The van der Waals surface area contributed by atoms with Crippen LogP contribution in [0.4, 0.5) is 0 Å². The van der Waals surface area contributed by atoms with Gasteiger partial charge >= 0.3 is 0 Å². The Morgan fingerprint density at radius 1 is 1.15 bits per heavy atom. The Hall–Kier alpha value is -2.32. The smallest absolute Gasteiger partial charge is 0.299 e. The van der Waals surface area contributed by atoms with Crippen molar-refractivity contribution in [2.75, 3.05) is 13.2 Å². The van der Waals surface area contributed by atoms with E-state index < -0.39 is 35.1 Å². The lowest BCUT2D eigenvalue weighted by atomic mass is 9.93. The van der Waals surface area contributed by atoms with Gasteiger partial charge in [0.15, 0.2) is 6.29 Å². The minimum absolute atomic E-state index is 0.218. The summed E-state index contributed by atoms with van der Waals surface area (Å²) in [7, 11) is 0. The van der Waals surface area contributed by atoms with E-state index >= 15 is 0 Å². The Bertz CT molecular complexity index is 681. The second-order valence-corrected chi connectivity index (χ2v) is 6.89. The minimum Gasteiger partial charge on any atom is -0.350 e. The summed E-state index contributed by atoms with van der Waals surface area (Å²) in [6, 6.07) is 6.35. The molecule has 2 atom stereocenters. The summed E-state index contributed by atoms with van der Waals surface area (Å²) < 4.78 is 10.9. The second kappa shape index (κ2) is 8.58. The Labute approximate surface area is 157 Å². The molecule has 0 N–H and O–H groups in total. The molecule has 0 bridgehead atoms. The highest BCUT2D eigenvalue weighted by Crippen LogP contribution is 2.32. The number of carbonyl (C=O) groups is 2. The van der Waals surface area contributed by atoms with E-state index in [1.54, 1.807) is 12.1 Å². The van der Waals surface area contributed by atoms with Gasteiger partial charge in [0.25, 0.3) is 18.0 Å². The molecule has 8 nitrogen and oxygen atoms in total. The summed E-state index contributed by atoms with van der Waals surface area (Å²) in [5.41, 5.74) is 0.435. The van der Waals surface area contributed by atoms with Crippen LogP contribution in [0.3, 0.4) is 0 Å². The molecule has 2 aliphatic heterocycles. The van der Waals surface area contributed by atoms with Crippen LogP contribution in [0.25, 0.3) is 0 Å². The number of fused-ring (bicyclic) bond motifs is 1. The van der Waals surface area contributed by atoms with Gasteiger partial charge in [-0.25, -0.2) is 4.90 Å². The van der Waals surface area contributed by atoms with E-state index in [1.165, 1.54) is 12.1 Å². The molecule has 146 valence electrons. The Balaban J connectivity index is 1.87. The Morgan fingerprint density at radius 3 is 2.26 bits per heavy atom. The number of benzene rings is 1. The third kappa shape index (κ3) is 4.01. The van der Waals surface area contributed by atoms with E-state index in [4.69, 9.17) is 9.47 Å². The van der Waals surface area contributed by atoms with Crippen LogP contribution in [0.1, 0.15) is 59.7 Å². The minimum atomic E-state index is -1.43. The van der Waals surface area contributed by atoms with Crippen LogP contribution in [-0.4, -0.2) is 47.3 Å². The van der Waals surface area contributed by atoms with Gasteiger partial charge in [0, 0.05) is 11.3 Å². The summed E-state index contributed by atoms with van der Waals surface area (Å²) in [5, 5.41) is 12.0. The number of carbonyl (C=O) groups excluding carboxylic acids is 2. The number of hydrogen-bond donors (Lipinski definition) is 0. The number of nitrogens with zero attached hydrogens (tertiary/aromatic N) is 2. The van der Waals surface area contributed by atoms with Crippen molar-refractivity contribution in [2.45, 2.75) is 51.5 Å². The van der Waals surface area contributed by atoms with Gasteiger partial charge in [-0.05, 0) is 18.6 Å². The number of unbranched alkanes of at least 4 members (excludes halogenated alkanes) is 2. The highest BCUT2D eigenvalue weighted by molar-refractivity contribution is 6.21. The van der Waals surface area contributed by atoms with E-state index in [0.29, 0.717) is 19.6 Å². The standard InChI is InChI=1S/C19H24N2O6/c1-2-3-4-7-13(12-16-26-10-11-27-16)17(21(24)25)20-18(22)14-8-5-6-9-15(14)19(20)23/h5-6,8-9,13,16-17H,2-4,7,10-12H2,1H3/t13-,17?/m1/s1. The first-order valence-electron chi connectivity index (χ1n) is 9.38. The predicted octanol–water partition coefficient (Wildman–Crippen LogP) is 2.84. The maximum atomic E-state index is 12.8. The molecule has 2 aliphatic rings. The first kappa shape index (κ1) is 19.4. The number of rotatable bonds is 9. The van der Waals surface area contributed by atoms with Crippen molar-refractivity contribution in [3.63, 3.8) is 0 Å². The van der Waals surface area contributed by atoms with Gasteiger partial charge in [-0.2, -0.15) is 0 Å². The van der Waals surface area contributed by atoms with Gasteiger partial charge in [0.1, 0.15) is 0 Å². The van der Waals surface area contributed by atoms with Crippen molar-refractivity contribution in [3.05, 3.63) is 45.5 Å². The van der Waals surface area contributed by atoms with Gasteiger partial charge in [0.2, 0.25) is 0 Å². The van der Waals surface area contributed by atoms with Crippen molar-refractivity contribution in [1.29, 1.82) is 0 Å². The van der Waals surface area contributed by atoms with Crippen molar-refractivity contribution >= 4 is 11.8 Å². The molecule has 1 saturated heterocycles. The molecule has 0 aromatic heterocycles. The molecule has 1 unspecified atom stereocenters. The largest absolute Gasteiger partial charge is 0.350 e. The molecule has 2 heterocycles. The SMILES string of the molecule is CCCCC[C@H](CC1OCCO1)C(N1C(=O)c2ccccc2C1=O)[N+](=O)[O-]. The topological polar surface area (TPSA) is 99.0 Å². The Kier molecular flexibility index (Phi) is 6.18. The summed E-state index contributed by atoms with van der Waals surface area (Å²) in [6.45, 7) is 2.94. The second-order valence-electron chi connectivity index (χ2n) is 6.89. The maximum Gasteiger partial charge on any atom is 0.299 e. The van der Waals surface area contributed by atoms with Crippen LogP contribution < -0.4 is 0 Å². The Morgan fingerprint density at radius 2 is 1.74 bits per heavy atom. The number of nitro groups is 1. The quantitative estimate of drug-likeness (QED) is 0.284. The van der Waals surface area contributed by atoms with Gasteiger partial charge in [-0.3, -0.25) is 19.7 Å².